The molecular weight excluding hydrogens is 232 g/mol. The second-order valence-electron chi connectivity index (χ2n) is 3.20. The van der Waals surface area contributed by atoms with Crippen LogP contribution >= 0.6 is 0 Å². The molecule has 0 aliphatic carbocycles. The van der Waals surface area contributed by atoms with Gasteiger partial charge in [-0.25, -0.2) is 4.18 Å². The largest absolute Gasteiger partial charge is 0.397 e. The van der Waals surface area contributed by atoms with Crippen molar-refractivity contribution in [3.8, 4) is 0 Å². The van der Waals surface area contributed by atoms with E-state index in [0.717, 1.165) is 0 Å². The van der Waals surface area contributed by atoms with Crippen LogP contribution in [0.2, 0.25) is 0 Å². The van der Waals surface area contributed by atoms with Crippen molar-refractivity contribution >= 4 is 10.4 Å². The van der Waals surface area contributed by atoms with Crippen molar-refractivity contribution in [2.45, 2.75) is 37.6 Å². The SMILES string of the molecule is C[C@@H]1O[C@@H](O)[C@@H](OS(=O)(=O)O)[C@H](O)[C@@H]1O. The lowest BCUT2D eigenvalue weighted by Crippen LogP contribution is -2.57. The molecule has 1 aliphatic rings. The first-order valence-electron chi connectivity index (χ1n) is 4.07. The van der Waals surface area contributed by atoms with Gasteiger partial charge in [0, 0.05) is 0 Å². The van der Waals surface area contributed by atoms with Crippen LogP contribution in [-0.4, -0.2) is 59.0 Å². The predicted octanol–water partition coefficient (Wildman–Crippen LogP) is -2.37. The summed E-state index contributed by atoms with van der Waals surface area (Å²) in [5, 5.41) is 27.8. The fraction of sp³-hybridized carbons (Fsp3) is 1.00. The Balaban J connectivity index is 2.79. The Labute approximate surface area is 86.0 Å². The summed E-state index contributed by atoms with van der Waals surface area (Å²) in [7, 11) is -4.84. The molecule has 15 heavy (non-hydrogen) atoms. The Hall–Kier alpha value is -0.290. The van der Waals surface area contributed by atoms with E-state index in [1.165, 1.54) is 6.92 Å². The van der Waals surface area contributed by atoms with Crippen molar-refractivity contribution in [2.75, 3.05) is 0 Å². The van der Waals surface area contributed by atoms with Gasteiger partial charge in [0.15, 0.2) is 12.4 Å². The highest BCUT2D eigenvalue weighted by atomic mass is 32.3. The van der Waals surface area contributed by atoms with Crippen LogP contribution in [-0.2, 0) is 19.3 Å². The molecule has 0 unspecified atom stereocenters. The minimum Gasteiger partial charge on any atom is -0.388 e. The third-order valence-electron chi connectivity index (χ3n) is 2.04. The van der Waals surface area contributed by atoms with Crippen molar-refractivity contribution in [2.24, 2.45) is 0 Å². The molecule has 0 aromatic carbocycles. The van der Waals surface area contributed by atoms with E-state index in [2.05, 4.69) is 8.92 Å². The number of hydrogen-bond acceptors (Lipinski definition) is 7. The summed E-state index contributed by atoms with van der Waals surface area (Å²) in [5.41, 5.74) is 0. The first-order valence-corrected chi connectivity index (χ1v) is 5.44. The molecule has 0 spiro atoms. The number of hydrogen-bond donors (Lipinski definition) is 4. The summed E-state index contributed by atoms with van der Waals surface area (Å²) in [6.07, 6.45) is -7.48. The molecule has 0 aromatic rings. The van der Waals surface area contributed by atoms with Crippen LogP contribution in [0.15, 0.2) is 0 Å². The van der Waals surface area contributed by atoms with E-state index < -0.39 is 41.1 Å². The van der Waals surface area contributed by atoms with Crippen LogP contribution in [0.3, 0.4) is 0 Å². The fourth-order valence-electron chi connectivity index (χ4n) is 1.26. The van der Waals surface area contributed by atoms with E-state index in [-0.39, 0.29) is 0 Å². The average Bonchev–Trinajstić information content (AvgIpc) is 2.07. The van der Waals surface area contributed by atoms with Crippen LogP contribution in [0.5, 0.6) is 0 Å². The first-order chi connectivity index (χ1) is 6.72. The van der Waals surface area contributed by atoms with Crippen LogP contribution in [0.4, 0.5) is 0 Å². The van der Waals surface area contributed by atoms with E-state index in [9.17, 15) is 23.7 Å². The van der Waals surface area contributed by atoms with E-state index in [4.69, 9.17) is 4.55 Å². The standard InChI is InChI=1S/C6H12O8S/c1-2-3(7)4(8)5(6(9)13-2)14-15(10,11)12/h2-9H,1H3,(H,10,11,12)/t2-,3+,4+,5-,6+/m0/s1. The normalized spacial score (nSPS) is 42.9. The van der Waals surface area contributed by atoms with Gasteiger partial charge in [-0.05, 0) is 6.92 Å². The molecule has 0 radical (unpaired) electrons. The Morgan fingerprint density at radius 1 is 1.20 bits per heavy atom. The zero-order chi connectivity index (χ0) is 11.8. The van der Waals surface area contributed by atoms with Crippen LogP contribution in [0.25, 0.3) is 0 Å². The summed E-state index contributed by atoms with van der Waals surface area (Å²) in [6, 6.07) is 0. The van der Waals surface area contributed by atoms with Gasteiger partial charge in [-0.3, -0.25) is 4.55 Å². The highest BCUT2D eigenvalue weighted by molar-refractivity contribution is 7.80. The van der Waals surface area contributed by atoms with Crippen molar-refractivity contribution in [3.63, 3.8) is 0 Å². The van der Waals surface area contributed by atoms with Crippen LogP contribution in [0, 0.1) is 0 Å². The molecule has 4 N–H and O–H groups in total. The molecule has 0 aromatic heterocycles. The molecule has 8 nitrogen and oxygen atoms in total. The van der Waals surface area contributed by atoms with Gasteiger partial charge in [-0.1, -0.05) is 0 Å². The highest BCUT2D eigenvalue weighted by Gasteiger charge is 2.44. The van der Waals surface area contributed by atoms with E-state index in [1.807, 2.05) is 0 Å². The summed E-state index contributed by atoms with van der Waals surface area (Å²) in [6.45, 7) is 1.38. The van der Waals surface area contributed by atoms with Crippen LogP contribution in [0.1, 0.15) is 6.92 Å². The number of ether oxygens (including phenoxy) is 1. The van der Waals surface area contributed by atoms with E-state index >= 15 is 0 Å². The van der Waals surface area contributed by atoms with Gasteiger partial charge >= 0.3 is 10.4 Å². The Morgan fingerprint density at radius 3 is 2.20 bits per heavy atom. The third-order valence-corrected chi connectivity index (χ3v) is 2.50. The fourth-order valence-corrected chi connectivity index (χ4v) is 1.75. The van der Waals surface area contributed by atoms with Gasteiger partial charge < -0.3 is 20.1 Å². The Bertz CT molecular complexity index is 313. The molecule has 90 valence electrons. The lowest BCUT2D eigenvalue weighted by atomic mass is 10.0. The van der Waals surface area contributed by atoms with Gasteiger partial charge in [0.05, 0.1) is 6.10 Å². The summed E-state index contributed by atoms with van der Waals surface area (Å²) >= 11 is 0. The van der Waals surface area contributed by atoms with Crippen LogP contribution < -0.4 is 0 Å². The van der Waals surface area contributed by atoms with Gasteiger partial charge in [-0.2, -0.15) is 8.42 Å². The smallest absolute Gasteiger partial charge is 0.388 e. The molecule has 1 fully saturated rings. The van der Waals surface area contributed by atoms with Crippen molar-refractivity contribution in [3.05, 3.63) is 0 Å². The molecule has 1 rings (SSSR count). The molecule has 0 amide bonds. The van der Waals surface area contributed by atoms with Crippen molar-refractivity contribution in [1.29, 1.82) is 0 Å². The third kappa shape index (κ3) is 3.08. The Kier molecular flexibility index (Phi) is 3.66. The quantitative estimate of drug-likeness (QED) is 0.396. The first kappa shape index (κ1) is 12.8. The zero-order valence-corrected chi connectivity index (χ0v) is 8.53. The van der Waals surface area contributed by atoms with Crippen molar-refractivity contribution < 1.29 is 37.2 Å². The maximum absolute atomic E-state index is 10.4. The summed E-state index contributed by atoms with van der Waals surface area (Å²) in [4.78, 5) is 0. The van der Waals surface area contributed by atoms with Gasteiger partial charge in [0.1, 0.15) is 12.2 Å². The number of rotatable bonds is 2. The Morgan fingerprint density at radius 2 is 1.73 bits per heavy atom. The lowest BCUT2D eigenvalue weighted by Gasteiger charge is -2.37. The maximum Gasteiger partial charge on any atom is 0.397 e. The monoisotopic (exact) mass is 244 g/mol. The molecule has 0 bridgehead atoms. The van der Waals surface area contributed by atoms with Crippen molar-refractivity contribution in [1.82, 2.24) is 0 Å². The topological polar surface area (TPSA) is 134 Å². The molecule has 1 saturated heterocycles. The molecule has 1 aliphatic heterocycles. The number of aliphatic hydroxyl groups is 3. The predicted molar refractivity (Wildman–Crippen MR) is 45.0 cm³/mol. The maximum atomic E-state index is 10.4. The second-order valence-corrected chi connectivity index (χ2v) is 4.25. The molecule has 1 heterocycles. The molecule has 5 atom stereocenters. The van der Waals surface area contributed by atoms with E-state index in [1.54, 1.807) is 0 Å². The minimum absolute atomic E-state index is 0.878. The van der Waals surface area contributed by atoms with Gasteiger partial charge in [-0.15, -0.1) is 0 Å². The molecule has 0 saturated carbocycles. The molecular formula is C6H12O8S. The summed E-state index contributed by atoms with van der Waals surface area (Å²) < 4.78 is 37.7. The lowest BCUT2D eigenvalue weighted by molar-refractivity contribution is -0.271. The average molecular weight is 244 g/mol. The van der Waals surface area contributed by atoms with Gasteiger partial charge in [0.2, 0.25) is 0 Å². The molecule has 9 heteroatoms. The van der Waals surface area contributed by atoms with Gasteiger partial charge in [0.25, 0.3) is 0 Å². The second kappa shape index (κ2) is 4.29. The zero-order valence-electron chi connectivity index (χ0n) is 7.72. The number of aliphatic hydroxyl groups excluding tert-OH is 3. The van der Waals surface area contributed by atoms with E-state index in [0.29, 0.717) is 0 Å². The highest BCUT2D eigenvalue weighted by Crippen LogP contribution is 2.22. The summed E-state index contributed by atoms with van der Waals surface area (Å²) in [5.74, 6) is 0. The minimum atomic E-state index is -4.84.